The first-order valence-electron chi connectivity index (χ1n) is 19.0. The van der Waals surface area contributed by atoms with Gasteiger partial charge in [-0.2, -0.15) is 0 Å². The Kier molecular flexibility index (Phi) is 14.9. The van der Waals surface area contributed by atoms with Crippen molar-refractivity contribution in [3.63, 3.8) is 0 Å². The topological polar surface area (TPSA) is 139 Å². The number of aromatic nitrogens is 1. The van der Waals surface area contributed by atoms with Crippen LogP contribution in [0.4, 0.5) is 4.39 Å². The largest absolute Gasteiger partial charge is 0.469 e. The van der Waals surface area contributed by atoms with Crippen LogP contribution in [0.25, 0.3) is 28.3 Å². The molecule has 1 atom stereocenters. The lowest BCUT2D eigenvalue weighted by molar-refractivity contribution is -0.142. The van der Waals surface area contributed by atoms with E-state index in [4.69, 9.17) is 18.6 Å². The number of nitrogens with one attached hydrogen (secondary N) is 1. The number of rotatable bonds is 16. The summed E-state index contributed by atoms with van der Waals surface area (Å²) in [6, 6.07) is 19.4. The van der Waals surface area contributed by atoms with E-state index in [1.54, 1.807) is 24.3 Å². The van der Waals surface area contributed by atoms with Crippen LogP contribution in [0.1, 0.15) is 96.0 Å². The number of carbonyl (C=O) groups excluding carboxylic acids is 5. The van der Waals surface area contributed by atoms with E-state index >= 15 is 0 Å². The lowest BCUT2D eigenvalue weighted by Crippen LogP contribution is -2.44. The van der Waals surface area contributed by atoms with E-state index in [2.05, 4.69) is 39.2 Å². The van der Waals surface area contributed by atoms with Crippen LogP contribution in [0, 0.1) is 5.82 Å². The molecule has 58 heavy (non-hydrogen) atoms. The molecule has 1 aromatic heterocycles. The van der Waals surface area contributed by atoms with E-state index in [0.29, 0.717) is 33.5 Å². The number of allylic oxidation sites excluding steroid dienone is 1. The quantitative estimate of drug-likeness (QED) is 0.0508. The van der Waals surface area contributed by atoms with Gasteiger partial charge in [-0.15, -0.1) is 0 Å². The molecular weight excluding hydrogens is 760 g/mol. The Morgan fingerprint density at radius 1 is 0.793 bits per heavy atom. The Morgan fingerprint density at radius 3 is 1.97 bits per heavy atom. The van der Waals surface area contributed by atoms with Crippen LogP contribution in [-0.4, -0.2) is 69.9 Å². The average Bonchev–Trinajstić information content (AvgIpc) is 3.53. The van der Waals surface area contributed by atoms with Gasteiger partial charge in [-0.05, 0) is 85.1 Å². The van der Waals surface area contributed by atoms with Gasteiger partial charge in [-0.1, -0.05) is 69.3 Å². The SMILES string of the molecule is COC(=O)C[C@@H](CC(=O)C=Cc1c(-c2ccc(F)cc2)c(-c2ccccc2)c(C(=O)NCc2ccc(C(=O)OC)c(C(=O)OC)c2)n1C(C)C)O[Si](C)(C)C(C)(C)C. The molecule has 0 spiro atoms. The number of methoxy groups -OCH3 is 3. The lowest BCUT2D eigenvalue weighted by Gasteiger charge is -2.39. The van der Waals surface area contributed by atoms with Gasteiger partial charge in [0.2, 0.25) is 0 Å². The maximum atomic E-state index is 14.6. The third kappa shape index (κ3) is 10.6. The number of benzene rings is 3. The molecule has 4 rings (SSSR count). The van der Waals surface area contributed by atoms with Gasteiger partial charge in [0.25, 0.3) is 5.91 Å². The number of hydrogen-bond acceptors (Lipinski definition) is 9. The van der Waals surface area contributed by atoms with Gasteiger partial charge in [0, 0.05) is 30.1 Å². The van der Waals surface area contributed by atoms with Crippen LogP contribution in [-0.2, 0) is 34.8 Å². The number of amides is 1. The highest BCUT2D eigenvalue weighted by Crippen LogP contribution is 2.43. The van der Waals surface area contributed by atoms with Crippen LogP contribution >= 0.6 is 0 Å². The number of esters is 3. The highest BCUT2D eigenvalue weighted by molar-refractivity contribution is 6.74. The predicted molar refractivity (Wildman–Crippen MR) is 223 cm³/mol. The van der Waals surface area contributed by atoms with Crippen LogP contribution in [0.5, 0.6) is 0 Å². The minimum absolute atomic E-state index is 0.0163. The van der Waals surface area contributed by atoms with Crippen molar-refractivity contribution in [3.05, 3.63) is 113 Å². The lowest BCUT2D eigenvalue weighted by atomic mass is 9.94. The highest BCUT2D eigenvalue weighted by Gasteiger charge is 2.40. The number of ketones is 1. The van der Waals surface area contributed by atoms with Gasteiger partial charge in [0.15, 0.2) is 14.1 Å². The summed E-state index contributed by atoms with van der Waals surface area (Å²) in [5.41, 5.74) is 3.74. The van der Waals surface area contributed by atoms with Crippen molar-refractivity contribution in [1.29, 1.82) is 0 Å². The molecule has 11 nitrogen and oxygen atoms in total. The smallest absolute Gasteiger partial charge is 0.338 e. The molecule has 1 amide bonds. The van der Waals surface area contributed by atoms with E-state index in [1.165, 1.54) is 51.7 Å². The minimum atomic E-state index is -2.40. The molecule has 0 bridgehead atoms. The van der Waals surface area contributed by atoms with Crippen LogP contribution in [0.15, 0.2) is 78.9 Å². The minimum Gasteiger partial charge on any atom is -0.469 e. The number of hydrogen-bond donors (Lipinski definition) is 1. The van der Waals surface area contributed by atoms with E-state index in [9.17, 15) is 28.4 Å². The number of carbonyl (C=O) groups is 5. The summed E-state index contributed by atoms with van der Waals surface area (Å²) in [7, 11) is 1.30. The first-order valence-corrected chi connectivity index (χ1v) is 21.9. The van der Waals surface area contributed by atoms with Gasteiger partial charge < -0.3 is 28.5 Å². The Labute approximate surface area is 340 Å². The van der Waals surface area contributed by atoms with Gasteiger partial charge in [0.05, 0.1) is 50.7 Å². The van der Waals surface area contributed by atoms with Crippen molar-refractivity contribution >= 4 is 44.0 Å². The van der Waals surface area contributed by atoms with Gasteiger partial charge >= 0.3 is 17.9 Å². The van der Waals surface area contributed by atoms with E-state index in [-0.39, 0.29) is 53.1 Å². The number of ether oxygens (including phenoxy) is 3. The first kappa shape index (κ1) is 45.0. The fraction of sp³-hybridized carbons (Fsp3) is 0.356. The van der Waals surface area contributed by atoms with Crippen molar-refractivity contribution in [2.75, 3.05) is 21.3 Å². The molecule has 0 saturated carbocycles. The standard InChI is InChI=1S/C45H53FN2O9Si/c1-28(2)48-37(23-21-33(49)25-34(26-38(50)54-6)57-58(9,10)45(3,4)5)39(31-17-19-32(46)20-18-31)40(30-14-12-11-13-15-30)41(48)42(51)47-27-29-16-22-35(43(52)55-7)36(24-29)44(53)56-8/h11-24,28,34H,25-27H2,1-10H3,(H,47,51)/t34-/m1/s1. The van der Waals surface area contributed by atoms with Gasteiger partial charge in [-0.3, -0.25) is 14.4 Å². The first-order chi connectivity index (χ1) is 27.3. The second-order valence-corrected chi connectivity index (χ2v) is 20.4. The molecule has 0 radical (unpaired) electrons. The third-order valence-electron chi connectivity index (χ3n) is 10.3. The van der Waals surface area contributed by atoms with E-state index < -0.39 is 44.1 Å². The summed E-state index contributed by atoms with van der Waals surface area (Å²) < 4.78 is 37.4. The predicted octanol–water partition coefficient (Wildman–Crippen LogP) is 8.97. The second kappa shape index (κ2) is 19.2. The maximum Gasteiger partial charge on any atom is 0.338 e. The fourth-order valence-corrected chi connectivity index (χ4v) is 7.70. The van der Waals surface area contributed by atoms with Gasteiger partial charge in [-0.25, -0.2) is 14.0 Å². The van der Waals surface area contributed by atoms with Crippen LogP contribution < -0.4 is 5.32 Å². The zero-order valence-electron chi connectivity index (χ0n) is 34.9. The Bertz CT molecular complexity index is 2170. The Balaban J connectivity index is 1.88. The number of halogens is 1. The summed E-state index contributed by atoms with van der Waals surface area (Å²) in [5.74, 6) is -3.17. The van der Waals surface area contributed by atoms with Crippen molar-refractivity contribution in [3.8, 4) is 22.3 Å². The molecule has 0 aliphatic carbocycles. The van der Waals surface area contributed by atoms with Crippen molar-refractivity contribution < 1.29 is 47.0 Å². The molecule has 308 valence electrons. The molecule has 0 fully saturated rings. The van der Waals surface area contributed by atoms with Crippen LogP contribution in [0.2, 0.25) is 18.1 Å². The average molecular weight is 813 g/mol. The molecule has 3 aromatic carbocycles. The third-order valence-corrected chi connectivity index (χ3v) is 14.8. The van der Waals surface area contributed by atoms with E-state index in [0.717, 1.165) is 0 Å². The molecule has 0 aliphatic heterocycles. The maximum absolute atomic E-state index is 14.6. The second-order valence-electron chi connectivity index (χ2n) is 15.7. The molecule has 4 aromatic rings. The molecule has 0 aliphatic rings. The summed E-state index contributed by atoms with van der Waals surface area (Å²) in [5, 5.41) is 2.80. The van der Waals surface area contributed by atoms with Crippen LogP contribution in [0.3, 0.4) is 0 Å². The van der Waals surface area contributed by atoms with Crippen molar-refractivity contribution in [1.82, 2.24) is 9.88 Å². The van der Waals surface area contributed by atoms with E-state index in [1.807, 2.05) is 48.7 Å². The number of nitrogens with zero attached hydrogens (tertiary/aromatic N) is 1. The molecule has 1 N–H and O–H groups in total. The molecule has 0 unspecified atom stereocenters. The Morgan fingerprint density at radius 2 is 1.40 bits per heavy atom. The summed E-state index contributed by atoms with van der Waals surface area (Å²) in [6.45, 7) is 14.1. The fourth-order valence-electron chi connectivity index (χ4n) is 6.34. The molecule has 0 saturated heterocycles. The highest BCUT2D eigenvalue weighted by atomic mass is 28.4. The summed E-state index contributed by atoms with van der Waals surface area (Å²) >= 11 is 0. The summed E-state index contributed by atoms with van der Waals surface area (Å²) in [4.78, 5) is 65.9. The van der Waals surface area contributed by atoms with Crippen molar-refractivity contribution in [2.24, 2.45) is 0 Å². The normalized spacial score (nSPS) is 12.3. The van der Waals surface area contributed by atoms with Crippen molar-refractivity contribution in [2.45, 2.75) is 84.3 Å². The Hall–Kier alpha value is -5.66. The summed E-state index contributed by atoms with van der Waals surface area (Å²) in [6.07, 6.45) is 2.17. The monoisotopic (exact) mass is 812 g/mol. The van der Waals surface area contributed by atoms with Gasteiger partial charge in [0.1, 0.15) is 11.5 Å². The molecule has 13 heteroatoms. The zero-order chi connectivity index (χ0) is 42.9. The zero-order valence-corrected chi connectivity index (χ0v) is 35.9. The molecular formula is C45H53FN2O9Si. The molecule has 1 heterocycles.